The Labute approximate surface area is 154 Å². The van der Waals surface area contributed by atoms with Crippen molar-refractivity contribution < 1.29 is 14.3 Å². The number of amides is 1. The number of hydrogen-bond acceptors (Lipinski definition) is 4. The van der Waals surface area contributed by atoms with Crippen molar-refractivity contribution in [2.75, 3.05) is 5.32 Å². The topological polar surface area (TPSA) is 75.4 Å². The van der Waals surface area contributed by atoms with Gasteiger partial charge in [0, 0.05) is 28.5 Å². The van der Waals surface area contributed by atoms with E-state index in [9.17, 15) is 9.90 Å². The van der Waals surface area contributed by atoms with Gasteiger partial charge in [-0.15, -0.1) is 0 Å². The van der Waals surface area contributed by atoms with Crippen LogP contribution in [-0.4, -0.2) is 16.0 Å². The molecule has 0 aliphatic carbocycles. The van der Waals surface area contributed by atoms with Gasteiger partial charge in [-0.05, 0) is 42.5 Å². The number of anilines is 1. The lowest BCUT2D eigenvalue weighted by Crippen LogP contribution is -2.12. The summed E-state index contributed by atoms with van der Waals surface area (Å²) in [5, 5.41) is 13.4. The quantitative estimate of drug-likeness (QED) is 0.619. The number of aromatic hydroxyl groups is 1. The van der Waals surface area contributed by atoms with Crippen molar-refractivity contribution in [1.29, 1.82) is 0 Å². The van der Waals surface area contributed by atoms with Crippen LogP contribution in [0.15, 0.2) is 53.1 Å². The lowest BCUT2D eigenvalue weighted by atomic mass is 10.2. The molecular formula is C18H14Cl2N2O3. The molecule has 1 aromatic heterocycles. The van der Waals surface area contributed by atoms with Crippen LogP contribution < -0.4 is 5.32 Å². The Bertz CT molecular complexity index is 892. The molecule has 0 aliphatic rings. The maximum atomic E-state index is 12.0. The van der Waals surface area contributed by atoms with E-state index in [4.69, 9.17) is 27.6 Å². The molecule has 3 aromatic rings. The van der Waals surface area contributed by atoms with E-state index in [0.29, 0.717) is 28.1 Å². The highest BCUT2D eigenvalue weighted by Crippen LogP contribution is 2.27. The summed E-state index contributed by atoms with van der Waals surface area (Å²) in [4.78, 5) is 16.2. The third-order valence-electron chi connectivity index (χ3n) is 3.48. The number of hydrogen-bond donors (Lipinski definition) is 2. The summed E-state index contributed by atoms with van der Waals surface area (Å²) in [6.45, 7) is 0. The summed E-state index contributed by atoms with van der Waals surface area (Å²) in [5.74, 6) is 0.748. The second kappa shape index (κ2) is 7.59. The van der Waals surface area contributed by atoms with Crippen LogP contribution >= 0.6 is 23.2 Å². The number of aryl methyl sites for hydroxylation is 1. The molecule has 7 heteroatoms. The summed E-state index contributed by atoms with van der Waals surface area (Å²) < 4.78 is 5.65. The van der Waals surface area contributed by atoms with Crippen LogP contribution in [0.3, 0.4) is 0 Å². The first-order chi connectivity index (χ1) is 12.0. The van der Waals surface area contributed by atoms with Crippen LogP contribution in [0, 0.1) is 0 Å². The molecule has 0 radical (unpaired) electrons. The van der Waals surface area contributed by atoms with Gasteiger partial charge in [-0.25, -0.2) is 4.98 Å². The normalized spacial score (nSPS) is 10.6. The van der Waals surface area contributed by atoms with E-state index in [0.717, 1.165) is 5.56 Å². The Morgan fingerprint density at radius 1 is 1.12 bits per heavy atom. The number of rotatable bonds is 5. The van der Waals surface area contributed by atoms with Gasteiger partial charge in [0.2, 0.25) is 5.91 Å². The van der Waals surface area contributed by atoms with Gasteiger partial charge >= 0.3 is 0 Å². The molecule has 2 aromatic carbocycles. The minimum absolute atomic E-state index is 0.0427. The Morgan fingerprint density at radius 2 is 1.84 bits per heavy atom. The second-order valence-electron chi connectivity index (χ2n) is 5.33. The number of nitrogens with zero attached hydrogens (tertiary/aromatic N) is 1. The van der Waals surface area contributed by atoms with E-state index >= 15 is 0 Å². The predicted octanol–water partition coefficient (Wildman–Crippen LogP) is 4.93. The number of aromatic nitrogens is 1. The zero-order valence-corrected chi connectivity index (χ0v) is 14.5. The molecule has 0 saturated carbocycles. The van der Waals surface area contributed by atoms with Crippen molar-refractivity contribution >= 4 is 34.8 Å². The summed E-state index contributed by atoms with van der Waals surface area (Å²) in [5.41, 5.74) is 1.13. The molecule has 2 N–H and O–H groups in total. The number of carbonyl (C=O) groups excluding carboxylic acids is 1. The Balaban J connectivity index is 1.59. The summed E-state index contributed by atoms with van der Waals surface area (Å²) in [6, 6.07) is 11.6. The maximum absolute atomic E-state index is 12.0. The molecule has 0 atom stereocenters. The molecule has 0 spiro atoms. The number of carbonyl (C=O) groups is 1. The van der Waals surface area contributed by atoms with Gasteiger partial charge in [-0.1, -0.05) is 23.2 Å². The molecule has 0 bridgehead atoms. The Morgan fingerprint density at radius 3 is 2.60 bits per heavy atom. The largest absolute Gasteiger partial charge is 0.506 e. The van der Waals surface area contributed by atoms with Crippen LogP contribution in [0.5, 0.6) is 5.75 Å². The number of benzene rings is 2. The van der Waals surface area contributed by atoms with Crippen molar-refractivity contribution in [3.63, 3.8) is 0 Å². The fraction of sp³-hybridized carbons (Fsp3) is 0.111. The van der Waals surface area contributed by atoms with Crippen LogP contribution in [0.2, 0.25) is 10.0 Å². The average molecular weight is 377 g/mol. The van der Waals surface area contributed by atoms with Gasteiger partial charge in [0.15, 0.2) is 11.7 Å². The van der Waals surface area contributed by atoms with Crippen molar-refractivity contribution in [3.8, 4) is 17.1 Å². The Kier molecular flexibility index (Phi) is 5.26. The minimum atomic E-state index is -0.274. The van der Waals surface area contributed by atoms with Crippen molar-refractivity contribution in [2.24, 2.45) is 0 Å². The highest BCUT2D eigenvalue weighted by molar-refractivity contribution is 6.31. The minimum Gasteiger partial charge on any atom is -0.506 e. The molecule has 5 nitrogen and oxygen atoms in total. The molecule has 3 rings (SSSR count). The van der Waals surface area contributed by atoms with Gasteiger partial charge in [-0.2, -0.15) is 0 Å². The first-order valence-corrected chi connectivity index (χ1v) is 8.26. The zero-order chi connectivity index (χ0) is 17.8. The summed E-state index contributed by atoms with van der Waals surface area (Å²) in [7, 11) is 0. The molecule has 0 unspecified atom stereocenters. The Hall–Kier alpha value is -2.50. The van der Waals surface area contributed by atoms with E-state index in [2.05, 4.69) is 10.3 Å². The van der Waals surface area contributed by atoms with Crippen molar-refractivity contribution in [2.45, 2.75) is 12.8 Å². The molecule has 0 fully saturated rings. The summed E-state index contributed by atoms with van der Waals surface area (Å²) >= 11 is 11.7. The lowest BCUT2D eigenvalue weighted by molar-refractivity contribution is -0.116. The van der Waals surface area contributed by atoms with Crippen molar-refractivity contribution in [1.82, 2.24) is 4.98 Å². The third-order valence-corrected chi connectivity index (χ3v) is 3.97. The van der Waals surface area contributed by atoms with Gasteiger partial charge in [0.05, 0.1) is 11.9 Å². The predicted molar refractivity (Wildman–Crippen MR) is 97.0 cm³/mol. The molecule has 25 heavy (non-hydrogen) atoms. The monoisotopic (exact) mass is 376 g/mol. The smallest absolute Gasteiger partial charge is 0.224 e. The first kappa shape index (κ1) is 17.3. The van der Waals surface area contributed by atoms with E-state index in [-0.39, 0.29) is 23.8 Å². The number of phenols is 1. The summed E-state index contributed by atoms with van der Waals surface area (Å²) in [6.07, 6.45) is 2.10. The zero-order valence-electron chi connectivity index (χ0n) is 13.0. The molecule has 0 aliphatic heterocycles. The molecular weight excluding hydrogens is 363 g/mol. The third kappa shape index (κ3) is 4.53. The highest BCUT2D eigenvalue weighted by Gasteiger charge is 2.11. The lowest BCUT2D eigenvalue weighted by Gasteiger charge is -2.07. The standard InChI is InChI=1S/C18H14Cl2N2O3/c19-12-3-1-11(2-4-12)16-10-21-18(25-16)8-7-17(24)22-14-9-13(20)5-6-15(14)23/h1-6,9-10,23H,7-8H2,(H,22,24). The van der Waals surface area contributed by atoms with E-state index in [1.807, 2.05) is 12.1 Å². The first-order valence-electron chi connectivity index (χ1n) is 7.50. The molecule has 128 valence electrons. The van der Waals surface area contributed by atoms with E-state index in [1.54, 1.807) is 18.3 Å². The SMILES string of the molecule is O=C(CCc1ncc(-c2ccc(Cl)cc2)o1)Nc1cc(Cl)ccc1O. The van der Waals surface area contributed by atoms with E-state index < -0.39 is 0 Å². The number of halogens is 2. The van der Waals surface area contributed by atoms with Crippen LogP contribution in [0.25, 0.3) is 11.3 Å². The van der Waals surface area contributed by atoms with Crippen LogP contribution in [0.4, 0.5) is 5.69 Å². The van der Waals surface area contributed by atoms with Gasteiger partial charge in [0.25, 0.3) is 0 Å². The number of nitrogens with one attached hydrogen (secondary N) is 1. The molecule has 0 saturated heterocycles. The highest BCUT2D eigenvalue weighted by atomic mass is 35.5. The van der Waals surface area contributed by atoms with Gasteiger partial charge in [0.1, 0.15) is 5.75 Å². The molecule has 1 heterocycles. The number of phenolic OH excluding ortho intramolecular Hbond substituents is 1. The molecule has 1 amide bonds. The van der Waals surface area contributed by atoms with Crippen molar-refractivity contribution in [3.05, 3.63) is 64.6 Å². The van der Waals surface area contributed by atoms with Crippen LogP contribution in [0.1, 0.15) is 12.3 Å². The average Bonchev–Trinajstić information content (AvgIpc) is 3.06. The fourth-order valence-electron chi connectivity index (χ4n) is 2.22. The number of oxazole rings is 1. The van der Waals surface area contributed by atoms with Gasteiger partial charge < -0.3 is 14.8 Å². The van der Waals surface area contributed by atoms with E-state index in [1.165, 1.54) is 18.2 Å². The second-order valence-corrected chi connectivity index (χ2v) is 6.21. The maximum Gasteiger partial charge on any atom is 0.224 e. The fourth-order valence-corrected chi connectivity index (χ4v) is 2.51. The van der Waals surface area contributed by atoms with Gasteiger partial charge in [-0.3, -0.25) is 4.79 Å². The van der Waals surface area contributed by atoms with Crippen LogP contribution in [-0.2, 0) is 11.2 Å².